The van der Waals surface area contributed by atoms with Crippen LogP contribution in [0, 0.1) is 6.92 Å². The maximum Gasteiger partial charge on any atom is 0.241 e. The van der Waals surface area contributed by atoms with E-state index in [1.54, 1.807) is 6.07 Å². The molecular weight excluding hydrogens is 382 g/mol. The Balaban J connectivity index is 1.76. The van der Waals surface area contributed by atoms with Gasteiger partial charge in [-0.1, -0.05) is 60.7 Å². The molecule has 3 rings (SSSR count). The van der Waals surface area contributed by atoms with Gasteiger partial charge in [0.15, 0.2) is 0 Å². The van der Waals surface area contributed by atoms with Crippen molar-refractivity contribution in [2.24, 2.45) is 5.73 Å². The van der Waals surface area contributed by atoms with Crippen LogP contribution in [0.3, 0.4) is 0 Å². The second-order valence-corrected chi connectivity index (χ2v) is 8.97. The summed E-state index contributed by atoms with van der Waals surface area (Å²) in [7, 11) is -3.66. The molecule has 0 radical (unpaired) electrons. The Morgan fingerprint density at radius 3 is 2.34 bits per heavy atom. The van der Waals surface area contributed by atoms with Gasteiger partial charge in [0, 0.05) is 24.5 Å². The summed E-state index contributed by atoms with van der Waals surface area (Å²) in [5.74, 6) is 0. The molecule has 0 saturated carbocycles. The number of hydrogen-bond donors (Lipinski definition) is 3. The van der Waals surface area contributed by atoms with Crippen LogP contribution in [0.15, 0.2) is 71.6 Å². The Morgan fingerprint density at radius 1 is 0.931 bits per heavy atom. The molecule has 0 spiro atoms. The second kappa shape index (κ2) is 9.98. The summed E-state index contributed by atoms with van der Waals surface area (Å²) in [6.07, 6.45) is 1.44. The van der Waals surface area contributed by atoms with E-state index in [1.165, 1.54) is 0 Å². The van der Waals surface area contributed by atoms with Crippen LogP contribution in [0.1, 0.15) is 24.0 Å². The van der Waals surface area contributed by atoms with Gasteiger partial charge in [-0.05, 0) is 48.9 Å². The van der Waals surface area contributed by atoms with Crippen molar-refractivity contribution < 1.29 is 8.42 Å². The van der Waals surface area contributed by atoms with Gasteiger partial charge in [0.05, 0.1) is 4.90 Å². The van der Waals surface area contributed by atoms with Crippen LogP contribution in [0.2, 0.25) is 0 Å². The zero-order valence-electron chi connectivity index (χ0n) is 16.8. The molecule has 3 aromatic carbocycles. The fourth-order valence-electron chi connectivity index (χ4n) is 3.49. The lowest BCUT2D eigenvalue weighted by Gasteiger charge is -2.20. The highest BCUT2D eigenvalue weighted by molar-refractivity contribution is 7.89. The van der Waals surface area contributed by atoms with E-state index >= 15 is 0 Å². The summed E-state index contributed by atoms with van der Waals surface area (Å²) < 4.78 is 29.3. The van der Waals surface area contributed by atoms with Crippen molar-refractivity contribution in [3.05, 3.63) is 77.9 Å². The van der Waals surface area contributed by atoms with Gasteiger partial charge in [0.1, 0.15) is 0 Å². The first-order chi connectivity index (χ1) is 14.0. The molecule has 0 heterocycles. The van der Waals surface area contributed by atoms with Crippen molar-refractivity contribution in [3.63, 3.8) is 0 Å². The van der Waals surface area contributed by atoms with Gasteiger partial charge in [-0.25, -0.2) is 13.1 Å². The quantitative estimate of drug-likeness (QED) is 0.478. The Kier molecular flexibility index (Phi) is 7.39. The maximum atomic E-state index is 13.2. The Labute approximate surface area is 173 Å². The van der Waals surface area contributed by atoms with Crippen molar-refractivity contribution in [3.8, 4) is 0 Å². The highest BCUT2D eigenvalue weighted by Crippen LogP contribution is 2.26. The summed E-state index contributed by atoms with van der Waals surface area (Å²) in [4.78, 5) is 0.319. The molecule has 0 aliphatic rings. The van der Waals surface area contributed by atoms with Gasteiger partial charge in [0.25, 0.3) is 0 Å². The van der Waals surface area contributed by atoms with E-state index < -0.39 is 10.0 Å². The van der Waals surface area contributed by atoms with Crippen molar-refractivity contribution in [1.29, 1.82) is 0 Å². The summed E-state index contributed by atoms with van der Waals surface area (Å²) in [5.41, 5.74) is 7.89. The summed E-state index contributed by atoms with van der Waals surface area (Å²) in [5, 5.41) is 5.06. The minimum absolute atomic E-state index is 0.229. The van der Waals surface area contributed by atoms with E-state index in [0.717, 1.165) is 28.3 Å². The molecule has 0 aromatic heterocycles. The fourth-order valence-corrected chi connectivity index (χ4v) is 4.97. The average Bonchev–Trinajstić information content (AvgIpc) is 2.73. The van der Waals surface area contributed by atoms with E-state index in [9.17, 15) is 8.42 Å². The van der Waals surface area contributed by atoms with Crippen LogP contribution in [0.25, 0.3) is 10.8 Å². The van der Waals surface area contributed by atoms with Gasteiger partial charge >= 0.3 is 0 Å². The van der Waals surface area contributed by atoms with E-state index in [4.69, 9.17) is 5.73 Å². The van der Waals surface area contributed by atoms with Gasteiger partial charge in [0.2, 0.25) is 10.0 Å². The molecule has 0 bridgehead atoms. The minimum atomic E-state index is -3.66. The van der Waals surface area contributed by atoms with Crippen LogP contribution in [-0.4, -0.2) is 27.5 Å². The molecule has 1 atom stereocenters. The number of aryl methyl sites for hydroxylation is 1. The molecule has 0 amide bonds. The molecule has 0 aliphatic heterocycles. The second-order valence-electron chi connectivity index (χ2n) is 7.29. The van der Waals surface area contributed by atoms with Crippen LogP contribution >= 0.6 is 0 Å². The lowest BCUT2D eigenvalue weighted by molar-refractivity contribution is 0.484. The molecule has 3 aromatic rings. The predicted octanol–water partition coefficient (Wildman–Crippen LogP) is 3.32. The zero-order valence-corrected chi connectivity index (χ0v) is 17.6. The topological polar surface area (TPSA) is 84.2 Å². The smallest absolute Gasteiger partial charge is 0.241 e. The van der Waals surface area contributed by atoms with Crippen molar-refractivity contribution >= 4 is 20.8 Å². The standard InChI is InChI=1S/C23H29N3O2S/c1-18-13-14-23(22-12-6-5-11-21(18)22)29(27,28)26-20(10-7-15-24)17-25-16-19-8-3-2-4-9-19/h2-6,8-9,11-14,20,25-26H,7,10,15-17,24H2,1H3/t20-/m0/s1. The van der Waals surface area contributed by atoms with Crippen molar-refractivity contribution in [1.82, 2.24) is 10.0 Å². The predicted molar refractivity (Wildman–Crippen MR) is 119 cm³/mol. The number of fused-ring (bicyclic) bond motifs is 1. The first kappa shape index (κ1) is 21.5. The van der Waals surface area contributed by atoms with E-state index in [2.05, 4.69) is 10.0 Å². The third-order valence-corrected chi connectivity index (χ3v) is 6.61. The molecule has 154 valence electrons. The lowest BCUT2D eigenvalue weighted by Crippen LogP contribution is -2.42. The molecule has 0 unspecified atom stereocenters. The third-order valence-electron chi connectivity index (χ3n) is 5.03. The lowest BCUT2D eigenvalue weighted by atomic mass is 10.1. The van der Waals surface area contributed by atoms with Gasteiger partial charge in [-0.15, -0.1) is 0 Å². The summed E-state index contributed by atoms with van der Waals surface area (Å²) in [6.45, 7) is 3.75. The van der Waals surface area contributed by atoms with Crippen LogP contribution in [0.4, 0.5) is 0 Å². The van der Waals surface area contributed by atoms with Crippen LogP contribution in [-0.2, 0) is 16.6 Å². The number of benzene rings is 3. The molecule has 6 heteroatoms. The first-order valence-electron chi connectivity index (χ1n) is 9.96. The maximum absolute atomic E-state index is 13.2. The normalized spacial score (nSPS) is 12.9. The number of nitrogens with one attached hydrogen (secondary N) is 2. The van der Waals surface area contributed by atoms with Gasteiger partial charge < -0.3 is 11.1 Å². The van der Waals surface area contributed by atoms with Gasteiger partial charge in [-0.2, -0.15) is 0 Å². The van der Waals surface area contributed by atoms with E-state index in [0.29, 0.717) is 31.0 Å². The number of rotatable bonds is 10. The van der Waals surface area contributed by atoms with Gasteiger partial charge in [-0.3, -0.25) is 0 Å². The molecule has 5 nitrogen and oxygen atoms in total. The highest BCUT2D eigenvalue weighted by atomic mass is 32.2. The van der Waals surface area contributed by atoms with E-state index in [-0.39, 0.29) is 6.04 Å². The van der Waals surface area contributed by atoms with Crippen molar-refractivity contribution in [2.45, 2.75) is 37.2 Å². The van der Waals surface area contributed by atoms with Crippen LogP contribution < -0.4 is 15.8 Å². The van der Waals surface area contributed by atoms with Crippen molar-refractivity contribution in [2.75, 3.05) is 13.1 Å². The zero-order chi connectivity index (χ0) is 20.7. The Bertz CT molecular complexity index is 1040. The SMILES string of the molecule is Cc1ccc(S(=O)(=O)N[C@@H](CCCN)CNCc2ccccc2)c2ccccc12. The first-order valence-corrected chi connectivity index (χ1v) is 11.4. The fraction of sp³-hybridized carbons (Fsp3) is 0.304. The summed E-state index contributed by atoms with van der Waals surface area (Å²) in [6, 6.07) is 21.0. The molecule has 0 fully saturated rings. The monoisotopic (exact) mass is 411 g/mol. The molecule has 0 saturated heterocycles. The number of sulfonamides is 1. The average molecular weight is 412 g/mol. The Morgan fingerprint density at radius 2 is 1.62 bits per heavy atom. The van der Waals surface area contributed by atoms with Crippen LogP contribution in [0.5, 0.6) is 0 Å². The third kappa shape index (κ3) is 5.64. The molecule has 0 aliphatic carbocycles. The highest BCUT2D eigenvalue weighted by Gasteiger charge is 2.22. The minimum Gasteiger partial charge on any atom is -0.330 e. The molecular formula is C23H29N3O2S. The number of nitrogens with two attached hydrogens (primary N) is 1. The number of hydrogen-bond acceptors (Lipinski definition) is 4. The van der Waals surface area contributed by atoms with E-state index in [1.807, 2.05) is 67.6 Å². The molecule has 29 heavy (non-hydrogen) atoms. The largest absolute Gasteiger partial charge is 0.330 e. The Hall–Kier alpha value is -2.25. The molecule has 4 N–H and O–H groups in total. The summed E-state index contributed by atoms with van der Waals surface area (Å²) >= 11 is 0.